The van der Waals surface area contributed by atoms with Crippen LogP contribution >= 0.6 is 0 Å². The number of alkyl halides is 2. The van der Waals surface area contributed by atoms with Gasteiger partial charge in [-0.05, 0) is 70.6 Å². The number of aliphatic carboxylic acids is 1. The number of fused-ring (bicyclic) bond motifs is 1. The summed E-state index contributed by atoms with van der Waals surface area (Å²) in [5, 5.41) is 18.9. The molecule has 16 heteroatoms. The van der Waals surface area contributed by atoms with Gasteiger partial charge in [-0.15, -0.1) is 0 Å². The fraction of sp³-hybridized carbons (Fsp3) is 0.583. The summed E-state index contributed by atoms with van der Waals surface area (Å²) in [7, 11) is 6.17. The Morgan fingerprint density at radius 2 is 1.56 bits per heavy atom. The number of imidazole rings is 1. The Kier molecular flexibility index (Phi) is 14.5. The highest BCUT2D eigenvalue weighted by molar-refractivity contribution is 5.96. The number of hydrogen-bond donors (Lipinski definition) is 2. The van der Waals surface area contributed by atoms with Crippen LogP contribution in [0.4, 0.5) is 14.6 Å². The number of hydrogen-bond acceptors (Lipinski definition) is 11. The van der Waals surface area contributed by atoms with Gasteiger partial charge in [0.2, 0.25) is 5.82 Å². The Hall–Kier alpha value is -4.59. The molecule has 6 rings (SSSR count). The van der Waals surface area contributed by atoms with Crippen LogP contribution in [0.3, 0.4) is 0 Å². The number of rotatable bonds is 8. The van der Waals surface area contributed by atoms with E-state index in [2.05, 4.69) is 49.2 Å². The summed E-state index contributed by atoms with van der Waals surface area (Å²) in [5.41, 5.74) is 5.88. The largest absolute Gasteiger partial charge is 0.477 e. The van der Waals surface area contributed by atoms with Gasteiger partial charge >= 0.3 is 11.9 Å². The molecule has 0 bridgehead atoms. The smallest absolute Gasteiger partial charge is 0.374 e. The number of likely N-dealkylation sites (tertiary alicyclic amines) is 1. The summed E-state index contributed by atoms with van der Waals surface area (Å²) in [6, 6.07) is 9.76. The van der Waals surface area contributed by atoms with Crippen LogP contribution in [0.25, 0.3) is 11.2 Å². The summed E-state index contributed by atoms with van der Waals surface area (Å²) >= 11 is 0. The Morgan fingerprint density at radius 3 is 2.08 bits per heavy atom. The molecule has 0 unspecified atom stereocenters. The number of carbonyl (C=O) groups excluding carboxylic acids is 2. The molecule has 282 valence electrons. The number of nitrogens with zero attached hydrogens (tertiary/aromatic N) is 9. The van der Waals surface area contributed by atoms with Crippen molar-refractivity contribution in [1.29, 1.82) is 5.26 Å². The minimum atomic E-state index is -3.58. The van der Waals surface area contributed by atoms with E-state index in [1.54, 1.807) is 10.9 Å². The predicted octanol–water partition coefficient (Wildman–Crippen LogP) is 3.72. The van der Waals surface area contributed by atoms with Crippen molar-refractivity contribution < 1.29 is 28.3 Å². The molecule has 1 amide bonds. The number of nitriles is 1. The van der Waals surface area contributed by atoms with E-state index in [0.29, 0.717) is 29.5 Å². The second kappa shape index (κ2) is 18.8. The van der Waals surface area contributed by atoms with Crippen LogP contribution in [0, 0.1) is 17.2 Å². The number of piperidine rings is 1. The van der Waals surface area contributed by atoms with Crippen LogP contribution in [0.1, 0.15) is 73.6 Å². The maximum Gasteiger partial charge on any atom is 0.374 e. The van der Waals surface area contributed by atoms with Crippen molar-refractivity contribution in [1.82, 2.24) is 39.6 Å². The number of halogens is 2. The maximum atomic E-state index is 13.4. The average molecular weight is 725 g/mol. The summed E-state index contributed by atoms with van der Waals surface area (Å²) in [5.74, 6) is -5.22. The van der Waals surface area contributed by atoms with E-state index in [1.807, 2.05) is 42.4 Å². The first-order valence-corrected chi connectivity index (χ1v) is 17.7. The van der Waals surface area contributed by atoms with E-state index < -0.39 is 11.9 Å². The molecule has 2 saturated heterocycles. The number of benzene rings is 1. The highest BCUT2D eigenvalue weighted by Crippen LogP contribution is 2.29. The fourth-order valence-electron chi connectivity index (χ4n) is 6.21. The molecule has 1 aromatic carbocycles. The first kappa shape index (κ1) is 40.2. The van der Waals surface area contributed by atoms with Crippen LogP contribution in [-0.2, 0) is 23.2 Å². The molecule has 3 aliphatic rings. The number of carbonyl (C=O) groups is 3. The normalized spacial score (nSPS) is 17.9. The number of piperazine rings is 1. The fourth-order valence-corrected chi connectivity index (χ4v) is 6.21. The van der Waals surface area contributed by atoms with E-state index >= 15 is 0 Å². The zero-order valence-electron chi connectivity index (χ0n) is 30.5. The highest BCUT2D eigenvalue weighted by Gasteiger charge is 2.31. The van der Waals surface area contributed by atoms with Crippen molar-refractivity contribution in [3.05, 3.63) is 47.5 Å². The first-order valence-electron chi connectivity index (χ1n) is 17.7. The number of aryl methyl sites for hydroxylation is 1. The zero-order valence-corrected chi connectivity index (χ0v) is 30.5. The number of nitrogens with one attached hydrogen (secondary N) is 1. The van der Waals surface area contributed by atoms with Gasteiger partial charge in [0.15, 0.2) is 17.0 Å². The van der Waals surface area contributed by atoms with Crippen molar-refractivity contribution in [3.63, 3.8) is 0 Å². The number of amides is 1. The topological polar surface area (TPSA) is 164 Å². The van der Waals surface area contributed by atoms with Crippen molar-refractivity contribution in [2.24, 2.45) is 13.0 Å². The van der Waals surface area contributed by atoms with Crippen LogP contribution < -0.4 is 10.4 Å². The minimum absolute atomic E-state index is 0.0442. The molecule has 3 fully saturated rings. The summed E-state index contributed by atoms with van der Waals surface area (Å²) in [6.45, 7) is 7.88. The number of hydrazine groups is 1. The van der Waals surface area contributed by atoms with Crippen LogP contribution in [0.5, 0.6) is 0 Å². The van der Waals surface area contributed by atoms with Gasteiger partial charge in [-0.1, -0.05) is 31.4 Å². The summed E-state index contributed by atoms with van der Waals surface area (Å²) in [4.78, 5) is 54.0. The van der Waals surface area contributed by atoms with E-state index in [1.165, 1.54) is 32.6 Å². The molecule has 0 atom stereocenters. The second-order valence-electron chi connectivity index (χ2n) is 13.9. The van der Waals surface area contributed by atoms with Gasteiger partial charge in [0.25, 0.3) is 5.91 Å². The lowest BCUT2D eigenvalue weighted by Gasteiger charge is -2.35. The number of carboxylic acids is 1. The van der Waals surface area contributed by atoms with Crippen molar-refractivity contribution >= 4 is 35.1 Å². The number of aldehydes is 1. The zero-order chi connectivity index (χ0) is 37.8. The monoisotopic (exact) mass is 724 g/mol. The minimum Gasteiger partial charge on any atom is -0.477 e. The molecule has 0 spiro atoms. The van der Waals surface area contributed by atoms with Crippen LogP contribution in [0.2, 0.25) is 0 Å². The molecule has 3 aromatic rings. The quantitative estimate of drug-likeness (QED) is 0.256. The molecule has 52 heavy (non-hydrogen) atoms. The molecule has 2 aromatic heterocycles. The van der Waals surface area contributed by atoms with Crippen LogP contribution in [-0.4, -0.2) is 123 Å². The van der Waals surface area contributed by atoms with Gasteiger partial charge in [-0.25, -0.2) is 9.78 Å². The summed E-state index contributed by atoms with van der Waals surface area (Å²) < 4.78 is 24.2. The van der Waals surface area contributed by atoms with E-state index in [-0.39, 0.29) is 23.7 Å². The Morgan fingerprint density at radius 1 is 0.981 bits per heavy atom. The van der Waals surface area contributed by atoms with E-state index in [0.717, 1.165) is 70.0 Å². The third kappa shape index (κ3) is 11.5. The van der Waals surface area contributed by atoms with Gasteiger partial charge < -0.3 is 24.3 Å². The molecule has 2 aliphatic heterocycles. The van der Waals surface area contributed by atoms with Crippen molar-refractivity contribution in [3.8, 4) is 6.07 Å². The second-order valence-corrected chi connectivity index (χ2v) is 13.9. The van der Waals surface area contributed by atoms with Gasteiger partial charge in [0, 0.05) is 58.2 Å². The van der Waals surface area contributed by atoms with Gasteiger partial charge in [0.1, 0.15) is 12.4 Å². The predicted molar refractivity (Wildman–Crippen MR) is 192 cm³/mol. The highest BCUT2D eigenvalue weighted by atomic mass is 19.3. The number of aromatic nitrogens is 4. The third-order valence-corrected chi connectivity index (χ3v) is 9.58. The molecular formula is C36H50F2N10O4. The lowest BCUT2D eigenvalue weighted by molar-refractivity contribution is -0.161. The van der Waals surface area contributed by atoms with E-state index in [9.17, 15) is 28.4 Å². The molecule has 1 saturated carbocycles. The standard InChI is InChI=1S/C27H32N8O2.C6H14N2.C3H4F2O2/c1-33-18-29-24-25(33)30-23(15-28)31-26(24)35(22-5-3-2-4-6-22)32-27(37)21-9-7-19(8-10-21)16-34-13-11-20(17-36)12-14-34;1-7-3-5-8(2)6-4-7;1-3(4,5)2(6)7/h7-10,17-18,20,22H,2-6,11-14,16H2,1H3,(H,32,37);3-6H2,1-2H3;1H3,(H,6,7). The number of likely N-dealkylation sites (N-methyl/N-ethyl adjacent to an activating group) is 2. The molecular weight excluding hydrogens is 674 g/mol. The maximum absolute atomic E-state index is 13.4. The molecule has 4 heterocycles. The molecule has 1 aliphatic carbocycles. The lowest BCUT2D eigenvalue weighted by atomic mass is 9.95. The third-order valence-electron chi connectivity index (χ3n) is 9.58. The lowest BCUT2D eigenvalue weighted by Crippen LogP contribution is -2.50. The van der Waals surface area contributed by atoms with Crippen molar-refractivity contribution in [2.45, 2.75) is 70.4 Å². The van der Waals surface area contributed by atoms with Crippen molar-refractivity contribution in [2.75, 3.05) is 58.4 Å². The van der Waals surface area contributed by atoms with Gasteiger partial charge in [0.05, 0.1) is 12.4 Å². The van der Waals surface area contributed by atoms with E-state index in [4.69, 9.17) is 5.11 Å². The van der Waals surface area contributed by atoms with Gasteiger partial charge in [-0.2, -0.15) is 24.0 Å². The molecule has 2 N–H and O–H groups in total. The summed E-state index contributed by atoms with van der Waals surface area (Å²) in [6.07, 6.45) is 9.66. The average Bonchev–Trinajstić information content (AvgIpc) is 3.52. The Balaban J connectivity index is 0.000000335. The van der Waals surface area contributed by atoms with Gasteiger partial charge in [-0.3, -0.25) is 20.1 Å². The molecule has 14 nitrogen and oxygen atoms in total. The molecule has 0 radical (unpaired) electrons. The number of anilines is 1. The SMILES string of the molecule is CC(F)(F)C(=O)O.CN1CCN(C)CC1.Cn1cnc2c(N(NC(=O)c3ccc(CN4CCC(C=O)CC4)cc3)C3CCCCC3)nc(C#N)nc21. The first-order chi connectivity index (χ1) is 24.8. The Bertz CT molecular complexity index is 1660. The number of carboxylic acid groups (broad SMARTS) is 1. The van der Waals surface area contributed by atoms with Crippen LogP contribution in [0.15, 0.2) is 30.6 Å². The Labute approximate surface area is 303 Å².